The van der Waals surface area contributed by atoms with Crippen LogP contribution >= 0.6 is 11.6 Å². The van der Waals surface area contributed by atoms with E-state index in [0.29, 0.717) is 22.2 Å². The minimum Gasteiger partial charge on any atom is -0.233 e. The molecular formula is C13H12ClFN2. The van der Waals surface area contributed by atoms with E-state index < -0.39 is 0 Å². The van der Waals surface area contributed by atoms with Gasteiger partial charge in [0, 0.05) is 18.1 Å². The van der Waals surface area contributed by atoms with E-state index in [2.05, 4.69) is 9.97 Å². The molecule has 0 aliphatic heterocycles. The molecule has 4 heteroatoms. The molecule has 0 fully saturated rings. The fraction of sp³-hybridized carbons (Fsp3) is 0.231. The fourth-order valence-corrected chi connectivity index (χ4v) is 1.80. The Hall–Kier alpha value is -1.48. The molecule has 1 heterocycles. The van der Waals surface area contributed by atoms with E-state index in [-0.39, 0.29) is 5.82 Å². The summed E-state index contributed by atoms with van der Waals surface area (Å²) in [6, 6.07) is 7.95. The van der Waals surface area contributed by atoms with Gasteiger partial charge in [-0.2, -0.15) is 0 Å². The Morgan fingerprint density at radius 1 is 1.24 bits per heavy atom. The smallest absolute Gasteiger partial charge is 0.133 e. The van der Waals surface area contributed by atoms with Crippen molar-refractivity contribution in [2.75, 3.05) is 0 Å². The van der Waals surface area contributed by atoms with Gasteiger partial charge in [0.1, 0.15) is 16.8 Å². The van der Waals surface area contributed by atoms with E-state index >= 15 is 0 Å². The SMILES string of the molecule is CCCc1nc(Cl)cc(-c2cccc(F)c2)n1. The van der Waals surface area contributed by atoms with Crippen LogP contribution in [0.5, 0.6) is 0 Å². The van der Waals surface area contributed by atoms with E-state index in [1.807, 2.05) is 6.92 Å². The minimum atomic E-state index is -0.283. The summed E-state index contributed by atoms with van der Waals surface area (Å²) in [5.74, 6) is 0.411. The van der Waals surface area contributed by atoms with Gasteiger partial charge in [-0.3, -0.25) is 0 Å². The van der Waals surface area contributed by atoms with E-state index in [9.17, 15) is 4.39 Å². The molecule has 0 amide bonds. The maximum atomic E-state index is 13.1. The molecule has 0 saturated carbocycles. The molecule has 88 valence electrons. The van der Waals surface area contributed by atoms with Crippen molar-refractivity contribution in [3.63, 3.8) is 0 Å². The zero-order valence-electron chi connectivity index (χ0n) is 9.45. The third kappa shape index (κ3) is 3.01. The van der Waals surface area contributed by atoms with Crippen LogP contribution < -0.4 is 0 Å². The van der Waals surface area contributed by atoms with Crippen molar-refractivity contribution in [3.8, 4) is 11.3 Å². The molecule has 1 aromatic carbocycles. The molecule has 0 bridgehead atoms. The summed E-state index contributed by atoms with van der Waals surface area (Å²) >= 11 is 5.93. The lowest BCUT2D eigenvalue weighted by atomic mass is 10.1. The van der Waals surface area contributed by atoms with Crippen molar-refractivity contribution in [3.05, 3.63) is 47.1 Å². The highest BCUT2D eigenvalue weighted by molar-refractivity contribution is 6.29. The predicted molar refractivity (Wildman–Crippen MR) is 66.4 cm³/mol. The first kappa shape index (κ1) is 12.0. The van der Waals surface area contributed by atoms with Gasteiger partial charge in [0.25, 0.3) is 0 Å². The Kier molecular flexibility index (Phi) is 3.69. The van der Waals surface area contributed by atoms with Gasteiger partial charge in [0.05, 0.1) is 5.69 Å². The number of aromatic nitrogens is 2. The molecule has 0 saturated heterocycles. The summed E-state index contributed by atoms with van der Waals surface area (Å²) < 4.78 is 13.1. The molecule has 0 aliphatic carbocycles. The lowest BCUT2D eigenvalue weighted by Gasteiger charge is -2.04. The first-order chi connectivity index (χ1) is 8.19. The molecule has 0 atom stereocenters. The number of rotatable bonds is 3. The van der Waals surface area contributed by atoms with Gasteiger partial charge >= 0.3 is 0 Å². The highest BCUT2D eigenvalue weighted by Crippen LogP contribution is 2.21. The topological polar surface area (TPSA) is 25.8 Å². The maximum absolute atomic E-state index is 13.1. The number of aryl methyl sites for hydroxylation is 1. The van der Waals surface area contributed by atoms with Gasteiger partial charge in [-0.25, -0.2) is 14.4 Å². The van der Waals surface area contributed by atoms with Crippen LogP contribution in [0.15, 0.2) is 30.3 Å². The van der Waals surface area contributed by atoms with Crippen LogP contribution in [-0.4, -0.2) is 9.97 Å². The zero-order valence-corrected chi connectivity index (χ0v) is 10.2. The third-order valence-corrected chi connectivity index (χ3v) is 2.53. The molecule has 2 rings (SSSR count). The molecule has 2 nitrogen and oxygen atoms in total. The van der Waals surface area contributed by atoms with Crippen LogP contribution in [0, 0.1) is 5.82 Å². The lowest BCUT2D eigenvalue weighted by molar-refractivity contribution is 0.628. The summed E-state index contributed by atoms with van der Waals surface area (Å²) in [5, 5.41) is 0.391. The van der Waals surface area contributed by atoms with Crippen molar-refractivity contribution in [2.24, 2.45) is 0 Å². The van der Waals surface area contributed by atoms with Crippen LogP contribution in [0.1, 0.15) is 19.2 Å². The van der Waals surface area contributed by atoms with Crippen LogP contribution in [0.3, 0.4) is 0 Å². The van der Waals surface area contributed by atoms with Gasteiger partial charge < -0.3 is 0 Å². The predicted octanol–water partition coefficient (Wildman–Crippen LogP) is 3.89. The Balaban J connectivity index is 2.44. The average Bonchev–Trinajstić information content (AvgIpc) is 2.28. The van der Waals surface area contributed by atoms with Crippen molar-refractivity contribution in [1.29, 1.82) is 0 Å². The third-order valence-electron chi connectivity index (χ3n) is 2.34. The fourth-order valence-electron chi connectivity index (χ4n) is 1.60. The van der Waals surface area contributed by atoms with Crippen molar-refractivity contribution in [1.82, 2.24) is 9.97 Å². The molecule has 1 aromatic heterocycles. The Morgan fingerprint density at radius 3 is 2.76 bits per heavy atom. The van der Waals surface area contributed by atoms with Crippen LogP contribution in [0.2, 0.25) is 5.15 Å². The Bertz CT molecular complexity index is 529. The van der Waals surface area contributed by atoms with Gasteiger partial charge in [0.15, 0.2) is 0 Å². The molecule has 0 aliphatic rings. The monoisotopic (exact) mass is 250 g/mol. The maximum Gasteiger partial charge on any atom is 0.133 e. The summed E-state index contributed by atoms with van der Waals surface area (Å²) in [4.78, 5) is 8.50. The molecule has 17 heavy (non-hydrogen) atoms. The Labute approximate surface area is 104 Å². The van der Waals surface area contributed by atoms with Gasteiger partial charge in [-0.05, 0) is 18.6 Å². The van der Waals surface area contributed by atoms with E-state index in [1.54, 1.807) is 18.2 Å². The van der Waals surface area contributed by atoms with E-state index in [4.69, 9.17) is 11.6 Å². The van der Waals surface area contributed by atoms with Crippen molar-refractivity contribution in [2.45, 2.75) is 19.8 Å². The lowest BCUT2D eigenvalue weighted by Crippen LogP contribution is -1.97. The number of halogens is 2. The first-order valence-corrected chi connectivity index (χ1v) is 5.86. The average molecular weight is 251 g/mol. The quantitative estimate of drug-likeness (QED) is 0.773. The molecular weight excluding hydrogens is 239 g/mol. The number of hydrogen-bond acceptors (Lipinski definition) is 2. The number of benzene rings is 1. The normalized spacial score (nSPS) is 10.5. The second-order valence-corrected chi connectivity index (χ2v) is 4.14. The first-order valence-electron chi connectivity index (χ1n) is 5.48. The Morgan fingerprint density at radius 2 is 2.06 bits per heavy atom. The summed E-state index contributed by atoms with van der Waals surface area (Å²) in [6.07, 6.45) is 1.71. The van der Waals surface area contributed by atoms with Gasteiger partial charge in [-0.1, -0.05) is 30.7 Å². The molecule has 0 radical (unpaired) electrons. The number of nitrogens with zero attached hydrogens (tertiary/aromatic N) is 2. The minimum absolute atomic E-state index is 0.283. The second-order valence-electron chi connectivity index (χ2n) is 3.75. The van der Waals surface area contributed by atoms with E-state index in [1.165, 1.54) is 12.1 Å². The summed E-state index contributed by atoms with van der Waals surface area (Å²) in [6.45, 7) is 2.05. The summed E-state index contributed by atoms with van der Waals surface area (Å²) in [5.41, 5.74) is 1.37. The standard InChI is InChI=1S/C13H12ClFN2/c1-2-4-13-16-11(8-12(14)17-13)9-5-3-6-10(15)7-9/h3,5-8H,2,4H2,1H3. The van der Waals surface area contributed by atoms with Crippen molar-refractivity contribution < 1.29 is 4.39 Å². The van der Waals surface area contributed by atoms with Gasteiger partial charge in [0.2, 0.25) is 0 Å². The van der Waals surface area contributed by atoms with Gasteiger partial charge in [-0.15, -0.1) is 0 Å². The highest BCUT2D eigenvalue weighted by Gasteiger charge is 2.05. The van der Waals surface area contributed by atoms with Crippen molar-refractivity contribution >= 4 is 11.6 Å². The summed E-state index contributed by atoms with van der Waals surface area (Å²) in [7, 11) is 0. The van der Waals surface area contributed by atoms with E-state index in [0.717, 1.165) is 12.8 Å². The molecule has 0 N–H and O–H groups in total. The van der Waals surface area contributed by atoms with Crippen LogP contribution in [0.4, 0.5) is 4.39 Å². The zero-order chi connectivity index (χ0) is 12.3. The van der Waals surface area contributed by atoms with Crippen LogP contribution in [0.25, 0.3) is 11.3 Å². The second kappa shape index (κ2) is 5.23. The molecule has 2 aromatic rings. The number of hydrogen-bond donors (Lipinski definition) is 0. The molecule has 0 unspecified atom stereocenters. The largest absolute Gasteiger partial charge is 0.233 e. The van der Waals surface area contributed by atoms with Crippen LogP contribution in [-0.2, 0) is 6.42 Å². The highest BCUT2D eigenvalue weighted by atomic mass is 35.5. The molecule has 0 spiro atoms.